The van der Waals surface area contributed by atoms with Gasteiger partial charge in [0, 0.05) is 19.8 Å². The number of hydrogen-bond acceptors (Lipinski definition) is 3. The largest absolute Gasteiger partial charge is 0.342 e. The average Bonchev–Trinajstić information content (AvgIpc) is 2.16. The summed E-state index contributed by atoms with van der Waals surface area (Å²) in [6.07, 6.45) is 2.99. The summed E-state index contributed by atoms with van der Waals surface area (Å²) in [4.78, 5) is 21.1. The van der Waals surface area contributed by atoms with E-state index in [1.807, 2.05) is 6.92 Å². The molecule has 1 heterocycles. The van der Waals surface area contributed by atoms with Crippen LogP contribution in [0.4, 0.5) is 0 Å². The molecule has 0 saturated heterocycles. The molecule has 0 fully saturated rings. The van der Waals surface area contributed by atoms with Gasteiger partial charge in [0.15, 0.2) is 0 Å². The molecule has 0 spiro atoms. The van der Waals surface area contributed by atoms with Crippen molar-refractivity contribution in [2.45, 2.75) is 13.8 Å². The maximum atomic E-state index is 11.6. The van der Waals surface area contributed by atoms with Crippen LogP contribution in [0, 0.1) is 6.92 Å². The second-order valence-corrected chi connectivity index (χ2v) is 2.84. The first-order chi connectivity index (χ1) is 6.16. The highest BCUT2D eigenvalue weighted by molar-refractivity contribution is 5.94. The van der Waals surface area contributed by atoms with Crippen LogP contribution in [0.1, 0.15) is 23.0 Å². The zero-order chi connectivity index (χ0) is 9.84. The minimum atomic E-state index is -0.0272. The van der Waals surface area contributed by atoms with E-state index >= 15 is 0 Å². The van der Waals surface area contributed by atoms with Gasteiger partial charge in [-0.1, -0.05) is 0 Å². The lowest BCUT2D eigenvalue weighted by atomic mass is 10.2. The fourth-order valence-electron chi connectivity index (χ4n) is 0.950. The molecule has 0 atom stereocenters. The average molecular weight is 179 g/mol. The molecular weight excluding hydrogens is 166 g/mol. The van der Waals surface area contributed by atoms with Crippen LogP contribution >= 0.6 is 0 Å². The van der Waals surface area contributed by atoms with Crippen LogP contribution in [-0.4, -0.2) is 34.4 Å². The van der Waals surface area contributed by atoms with Gasteiger partial charge >= 0.3 is 0 Å². The Morgan fingerprint density at radius 2 is 2.31 bits per heavy atom. The number of carbonyl (C=O) groups is 1. The van der Waals surface area contributed by atoms with Gasteiger partial charge in [0.1, 0.15) is 6.33 Å². The fourth-order valence-corrected chi connectivity index (χ4v) is 0.950. The first kappa shape index (κ1) is 9.64. The summed E-state index contributed by atoms with van der Waals surface area (Å²) < 4.78 is 0. The van der Waals surface area contributed by atoms with E-state index in [0.717, 1.165) is 5.69 Å². The SMILES string of the molecule is CCN(C)C(=O)c1cncnc1C. The van der Waals surface area contributed by atoms with Crippen LogP contribution in [0.3, 0.4) is 0 Å². The molecule has 1 aromatic rings. The Bertz CT molecular complexity index is 311. The van der Waals surface area contributed by atoms with E-state index in [0.29, 0.717) is 12.1 Å². The third-order valence-electron chi connectivity index (χ3n) is 1.96. The van der Waals surface area contributed by atoms with E-state index in [1.165, 1.54) is 6.33 Å². The molecule has 0 aliphatic rings. The number of hydrogen-bond donors (Lipinski definition) is 0. The monoisotopic (exact) mass is 179 g/mol. The second kappa shape index (κ2) is 3.98. The molecule has 0 radical (unpaired) electrons. The zero-order valence-electron chi connectivity index (χ0n) is 8.11. The summed E-state index contributed by atoms with van der Waals surface area (Å²) in [6.45, 7) is 4.42. The van der Waals surface area contributed by atoms with E-state index in [9.17, 15) is 4.79 Å². The van der Waals surface area contributed by atoms with Crippen molar-refractivity contribution in [3.63, 3.8) is 0 Å². The van der Waals surface area contributed by atoms with Gasteiger partial charge in [-0.3, -0.25) is 4.79 Å². The molecule has 1 aromatic heterocycles. The minimum Gasteiger partial charge on any atom is -0.342 e. The molecule has 0 aliphatic carbocycles. The maximum Gasteiger partial charge on any atom is 0.256 e. The van der Waals surface area contributed by atoms with Crippen LogP contribution < -0.4 is 0 Å². The number of rotatable bonds is 2. The van der Waals surface area contributed by atoms with Crippen molar-refractivity contribution < 1.29 is 4.79 Å². The Morgan fingerprint density at radius 3 is 2.85 bits per heavy atom. The molecule has 1 rings (SSSR count). The molecule has 1 amide bonds. The Labute approximate surface area is 77.6 Å². The normalized spacial score (nSPS) is 9.77. The van der Waals surface area contributed by atoms with Crippen molar-refractivity contribution in [3.8, 4) is 0 Å². The maximum absolute atomic E-state index is 11.6. The second-order valence-electron chi connectivity index (χ2n) is 2.84. The van der Waals surface area contributed by atoms with E-state index in [2.05, 4.69) is 9.97 Å². The van der Waals surface area contributed by atoms with E-state index in [-0.39, 0.29) is 5.91 Å². The predicted octanol–water partition coefficient (Wildman–Crippen LogP) is 0.877. The summed E-state index contributed by atoms with van der Waals surface area (Å²) >= 11 is 0. The standard InChI is InChI=1S/C9H13N3O/c1-4-12(3)9(13)8-5-10-6-11-7(8)2/h5-6H,4H2,1-3H3. The van der Waals surface area contributed by atoms with Crippen LogP contribution in [0.25, 0.3) is 0 Å². The molecule has 0 unspecified atom stereocenters. The van der Waals surface area contributed by atoms with Gasteiger partial charge in [0.05, 0.1) is 11.3 Å². The highest BCUT2D eigenvalue weighted by atomic mass is 16.2. The van der Waals surface area contributed by atoms with Gasteiger partial charge < -0.3 is 4.90 Å². The van der Waals surface area contributed by atoms with Gasteiger partial charge in [0.2, 0.25) is 0 Å². The van der Waals surface area contributed by atoms with Crippen molar-refractivity contribution in [1.82, 2.24) is 14.9 Å². The van der Waals surface area contributed by atoms with Crippen molar-refractivity contribution in [1.29, 1.82) is 0 Å². The molecule has 13 heavy (non-hydrogen) atoms. The Morgan fingerprint density at radius 1 is 1.62 bits per heavy atom. The third kappa shape index (κ3) is 2.02. The predicted molar refractivity (Wildman–Crippen MR) is 49.4 cm³/mol. The molecule has 0 N–H and O–H groups in total. The third-order valence-corrected chi connectivity index (χ3v) is 1.96. The highest BCUT2D eigenvalue weighted by Crippen LogP contribution is 2.04. The van der Waals surface area contributed by atoms with Crippen molar-refractivity contribution in [2.75, 3.05) is 13.6 Å². The van der Waals surface area contributed by atoms with Crippen molar-refractivity contribution in [2.24, 2.45) is 0 Å². The lowest BCUT2D eigenvalue weighted by Crippen LogP contribution is -2.27. The van der Waals surface area contributed by atoms with Gasteiger partial charge in [-0.15, -0.1) is 0 Å². The van der Waals surface area contributed by atoms with Gasteiger partial charge in [-0.05, 0) is 13.8 Å². The van der Waals surface area contributed by atoms with Crippen LogP contribution in [0.2, 0.25) is 0 Å². The summed E-state index contributed by atoms with van der Waals surface area (Å²) in [5, 5.41) is 0. The van der Waals surface area contributed by atoms with Crippen LogP contribution in [0.5, 0.6) is 0 Å². The van der Waals surface area contributed by atoms with Crippen molar-refractivity contribution in [3.05, 3.63) is 23.8 Å². The van der Waals surface area contributed by atoms with Gasteiger partial charge in [-0.25, -0.2) is 9.97 Å². The number of aryl methyl sites for hydroxylation is 1. The van der Waals surface area contributed by atoms with E-state index in [1.54, 1.807) is 25.1 Å². The first-order valence-corrected chi connectivity index (χ1v) is 4.19. The lowest BCUT2D eigenvalue weighted by molar-refractivity contribution is 0.0801. The van der Waals surface area contributed by atoms with E-state index in [4.69, 9.17) is 0 Å². The molecule has 70 valence electrons. The van der Waals surface area contributed by atoms with Gasteiger partial charge in [0.25, 0.3) is 5.91 Å². The van der Waals surface area contributed by atoms with Crippen LogP contribution in [0.15, 0.2) is 12.5 Å². The molecular formula is C9H13N3O. The highest BCUT2D eigenvalue weighted by Gasteiger charge is 2.12. The molecule has 0 saturated carbocycles. The Kier molecular flexibility index (Phi) is 2.95. The molecule has 0 bridgehead atoms. The molecule has 4 heteroatoms. The summed E-state index contributed by atoms with van der Waals surface area (Å²) in [5.74, 6) is -0.0272. The number of carbonyl (C=O) groups excluding carboxylic acids is 1. The lowest BCUT2D eigenvalue weighted by Gasteiger charge is -2.14. The quantitative estimate of drug-likeness (QED) is 0.677. The summed E-state index contributed by atoms with van der Waals surface area (Å²) in [7, 11) is 1.76. The number of nitrogens with zero attached hydrogens (tertiary/aromatic N) is 3. The number of amides is 1. The minimum absolute atomic E-state index is 0.0272. The fraction of sp³-hybridized carbons (Fsp3) is 0.444. The Balaban J connectivity index is 2.95. The molecule has 4 nitrogen and oxygen atoms in total. The van der Waals surface area contributed by atoms with E-state index < -0.39 is 0 Å². The number of aromatic nitrogens is 2. The molecule has 0 aromatic carbocycles. The zero-order valence-corrected chi connectivity index (χ0v) is 8.11. The van der Waals surface area contributed by atoms with Gasteiger partial charge in [-0.2, -0.15) is 0 Å². The Hall–Kier alpha value is -1.45. The molecule has 0 aliphatic heterocycles. The van der Waals surface area contributed by atoms with Crippen LogP contribution in [-0.2, 0) is 0 Å². The summed E-state index contributed by atoms with van der Waals surface area (Å²) in [5.41, 5.74) is 1.30. The smallest absolute Gasteiger partial charge is 0.256 e. The first-order valence-electron chi connectivity index (χ1n) is 4.19. The topological polar surface area (TPSA) is 46.1 Å². The summed E-state index contributed by atoms with van der Waals surface area (Å²) in [6, 6.07) is 0. The van der Waals surface area contributed by atoms with Crippen molar-refractivity contribution >= 4 is 5.91 Å².